The minimum Gasteiger partial charge on any atom is -0.505 e. The summed E-state index contributed by atoms with van der Waals surface area (Å²) in [6.45, 7) is 5.28. The van der Waals surface area contributed by atoms with Crippen LogP contribution in [0.3, 0.4) is 0 Å². The summed E-state index contributed by atoms with van der Waals surface area (Å²) in [5, 5.41) is 10.1. The van der Waals surface area contributed by atoms with E-state index in [1.54, 1.807) is 51.1 Å². The Labute approximate surface area is 252 Å². The van der Waals surface area contributed by atoms with Crippen molar-refractivity contribution in [3.8, 4) is 17.2 Å². The predicted octanol–water partition coefficient (Wildman–Crippen LogP) is 3.87. The molecule has 0 amide bonds. The number of phenolic OH excluding ortho intramolecular Hbond substituents is 1. The molecule has 13 heteroatoms. The molecule has 41 heavy (non-hydrogen) atoms. The Kier molecular flexibility index (Phi) is 9.57. The average molecular weight is 666 g/mol. The number of aromatic nitrogens is 1. The minimum atomic E-state index is -0.892. The van der Waals surface area contributed by atoms with Crippen molar-refractivity contribution in [2.24, 2.45) is 4.99 Å². The summed E-state index contributed by atoms with van der Waals surface area (Å²) in [4.78, 5) is 43.6. The van der Waals surface area contributed by atoms with Gasteiger partial charge in [0.1, 0.15) is 5.75 Å². The summed E-state index contributed by atoms with van der Waals surface area (Å²) < 4.78 is 23.5. The highest BCUT2D eigenvalue weighted by Crippen LogP contribution is 2.37. The van der Waals surface area contributed by atoms with Crippen LogP contribution in [0.25, 0.3) is 6.08 Å². The predicted molar refractivity (Wildman–Crippen MR) is 156 cm³/mol. The molecule has 10 nitrogen and oxygen atoms in total. The summed E-state index contributed by atoms with van der Waals surface area (Å²) in [7, 11) is 1.26. The number of halogens is 2. The molecular formula is C28H26BrClN2O8S. The van der Waals surface area contributed by atoms with Gasteiger partial charge in [-0.3, -0.25) is 9.36 Å². The van der Waals surface area contributed by atoms with Crippen molar-refractivity contribution >= 4 is 56.9 Å². The van der Waals surface area contributed by atoms with Crippen molar-refractivity contribution in [2.75, 3.05) is 26.9 Å². The molecule has 2 aromatic carbocycles. The lowest BCUT2D eigenvalue weighted by atomic mass is 9.95. The molecule has 1 aromatic heterocycles. The number of hydrogen-bond donors (Lipinski definition) is 1. The van der Waals surface area contributed by atoms with E-state index in [2.05, 4.69) is 25.7 Å². The molecule has 1 N–H and O–H groups in total. The number of esters is 2. The molecule has 0 radical (unpaired) electrons. The molecule has 1 aliphatic heterocycles. The van der Waals surface area contributed by atoms with Crippen LogP contribution < -0.4 is 24.4 Å². The third kappa shape index (κ3) is 6.34. The third-order valence-corrected chi connectivity index (χ3v) is 7.89. The van der Waals surface area contributed by atoms with Gasteiger partial charge in [0.2, 0.25) is 0 Å². The fraction of sp³-hybridized carbons (Fsp3) is 0.286. The van der Waals surface area contributed by atoms with Gasteiger partial charge in [0.05, 0.1) is 51.7 Å². The van der Waals surface area contributed by atoms with Gasteiger partial charge < -0.3 is 24.1 Å². The maximum atomic E-state index is 13.9. The smallest absolute Gasteiger partial charge is 0.343 e. The van der Waals surface area contributed by atoms with Gasteiger partial charge in [-0.25, -0.2) is 14.6 Å². The molecule has 1 aliphatic rings. The van der Waals surface area contributed by atoms with Crippen molar-refractivity contribution in [3.05, 3.63) is 81.9 Å². The first-order chi connectivity index (χ1) is 19.6. The molecule has 0 spiro atoms. The monoisotopic (exact) mass is 664 g/mol. The minimum absolute atomic E-state index is 0.107. The number of rotatable bonds is 9. The van der Waals surface area contributed by atoms with Gasteiger partial charge in [0.15, 0.2) is 22.9 Å². The van der Waals surface area contributed by atoms with Crippen molar-refractivity contribution in [3.63, 3.8) is 0 Å². The Morgan fingerprint density at radius 2 is 1.93 bits per heavy atom. The first-order valence-corrected chi connectivity index (χ1v) is 14.4. The zero-order valence-corrected chi connectivity index (χ0v) is 25.7. The average Bonchev–Trinajstić information content (AvgIpc) is 3.24. The molecule has 0 fully saturated rings. The van der Waals surface area contributed by atoms with Gasteiger partial charge >= 0.3 is 11.9 Å². The largest absolute Gasteiger partial charge is 0.505 e. The lowest BCUT2D eigenvalue weighted by molar-refractivity contribution is -0.143. The summed E-state index contributed by atoms with van der Waals surface area (Å²) in [6.07, 6.45) is 1.63. The molecule has 216 valence electrons. The third-order valence-electron chi connectivity index (χ3n) is 6.01. The second-order valence-electron chi connectivity index (χ2n) is 8.64. The Balaban J connectivity index is 1.91. The van der Waals surface area contributed by atoms with Gasteiger partial charge in [-0.05, 0) is 78.2 Å². The Hall–Kier alpha value is -3.61. The normalized spacial score (nSPS) is 14.8. The number of carbonyl (C=O) groups is 2. The number of benzene rings is 2. The summed E-state index contributed by atoms with van der Waals surface area (Å²) in [6, 6.07) is 7.23. The number of phenols is 1. The van der Waals surface area contributed by atoms with Crippen LogP contribution in [0.15, 0.2) is 55.9 Å². The van der Waals surface area contributed by atoms with Gasteiger partial charge in [-0.2, -0.15) is 0 Å². The lowest BCUT2D eigenvalue weighted by Crippen LogP contribution is -2.40. The maximum Gasteiger partial charge on any atom is 0.343 e. The lowest BCUT2D eigenvalue weighted by Gasteiger charge is -2.25. The molecule has 0 unspecified atom stereocenters. The van der Waals surface area contributed by atoms with Crippen molar-refractivity contribution in [1.82, 2.24) is 4.57 Å². The number of aromatic hydroxyl groups is 1. The van der Waals surface area contributed by atoms with Gasteiger partial charge in [-0.1, -0.05) is 29.0 Å². The number of allylic oxidation sites excluding steroid dienone is 1. The van der Waals surface area contributed by atoms with E-state index in [9.17, 15) is 19.5 Å². The van der Waals surface area contributed by atoms with Crippen LogP contribution in [0.1, 0.15) is 37.9 Å². The molecule has 4 rings (SSSR count). The maximum absolute atomic E-state index is 13.9. The van der Waals surface area contributed by atoms with Gasteiger partial charge in [0, 0.05) is 0 Å². The van der Waals surface area contributed by atoms with E-state index in [0.29, 0.717) is 48.7 Å². The van der Waals surface area contributed by atoms with Crippen molar-refractivity contribution < 1.29 is 33.6 Å². The van der Waals surface area contributed by atoms with Gasteiger partial charge in [-0.15, -0.1) is 0 Å². The summed E-state index contributed by atoms with van der Waals surface area (Å²) in [5.41, 5.74) is 1.33. The number of ether oxygens (including phenoxy) is 4. The first kappa shape index (κ1) is 30.4. The van der Waals surface area contributed by atoms with E-state index in [4.69, 9.17) is 25.8 Å². The fourth-order valence-electron chi connectivity index (χ4n) is 4.20. The van der Waals surface area contributed by atoms with E-state index in [1.807, 2.05) is 0 Å². The summed E-state index contributed by atoms with van der Waals surface area (Å²) >= 11 is 10.5. The van der Waals surface area contributed by atoms with E-state index in [0.717, 1.165) is 11.3 Å². The van der Waals surface area contributed by atoms with Crippen LogP contribution in [0.2, 0.25) is 5.02 Å². The fourth-order valence-corrected chi connectivity index (χ4v) is 6.07. The zero-order chi connectivity index (χ0) is 29.8. The molecule has 0 aliphatic carbocycles. The Morgan fingerprint density at radius 1 is 1.17 bits per heavy atom. The molecule has 0 saturated heterocycles. The highest BCUT2D eigenvalue weighted by molar-refractivity contribution is 9.10. The van der Waals surface area contributed by atoms with Crippen LogP contribution in [-0.4, -0.2) is 48.5 Å². The highest BCUT2D eigenvalue weighted by atomic mass is 79.9. The number of fused-ring (bicyclic) bond motifs is 1. The number of nitrogens with zero attached hydrogens (tertiary/aromatic N) is 2. The van der Waals surface area contributed by atoms with E-state index in [-0.39, 0.29) is 29.6 Å². The van der Waals surface area contributed by atoms with E-state index >= 15 is 0 Å². The van der Waals surface area contributed by atoms with Crippen LogP contribution in [0, 0.1) is 0 Å². The molecule has 0 bridgehead atoms. The standard InChI is InChI=1S/C28H26BrClN2O8S/c1-5-38-20-12-16(7-8-19(20)40-13-22(33)37-4)24-23(27(36)39-6-2)14(3)31-28-32(24)26(35)21(41-28)11-15-9-17(29)25(34)18(30)10-15/h7-12,24,34H,5-6,13H2,1-4H3/b21-11-/t24-/m1/s1. The number of methoxy groups -OCH3 is 1. The number of carbonyl (C=O) groups excluding carboxylic acids is 2. The highest BCUT2D eigenvalue weighted by Gasteiger charge is 2.34. The van der Waals surface area contributed by atoms with Crippen molar-refractivity contribution in [2.45, 2.75) is 26.8 Å². The Morgan fingerprint density at radius 3 is 2.59 bits per heavy atom. The second kappa shape index (κ2) is 12.9. The van der Waals surface area contributed by atoms with Crippen molar-refractivity contribution in [1.29, 1.82) is 0 Å². The second-order valence-corrected chi connectivity index (χ2v) is 10.9. The molecule has 2 heterocycles. The van der Waals surface area contributed by atoms with Crippen LogP contribution in [0.5, 0.6) is 17.2 Å². The van der Waals surface area contributed by atoms with E-state index < -0.39 is 23.5 Å². The summed E-state index contributed by atoms with van der Waals surface area (Å²) in [5.74, 6) is -0.664. The van der Waals surface area contributed by atoms with Crippen LogP contribution >= 0.6 is 38.9 Å². The molecule has 3 aromatic rings. The number of hydrogen-bond acceptors (Lipinski definition) is 10. The molecule has 0 saturated carbocycles. The Bertz CT molecular complexity index is 1710. The van der Waals surface area contributed by atoms with Gasteiger partial charge in [0.25, 0.3) is 5.56 Å². The quantitative estimate of drug-likeness (QED) is 0.342. The zero-order valence-electron chi connectivity index (χ0n) is 22.5. The number of thiazole rings is 1. The molecular weight excluding hydrogens is 640 g/mol. The first-order valence-electron chi connectivity index (χ1n) is 12.4. The SMILES string of the molecule is CCOC(=O)C1=C(C)N=c2s/c(=C\c3cc(Cl)c(O)c(Br)c3)c(=O)n2[C@@H]1c1ccc(OCC(=O)OC)c(OCC)c1. The topological polar surface area (TPSA) is 126 Å². The van der Waals surface area contributed by atoms with Crippen LogP contribution in [-0.2, 0) is 19.1 Å². The van der Waals surface area contributed by atoms with E-state index in [1.165, 1.54) is 17.7 Å². The molecule has 1 atom stereocenters. The van der Waals surface area contributed by atoms with Crippen LogP contribution in [0.4, 0.5) is 0 Å².